The molecule has 0 fully saturated rings. The van der Waals surface area contributed by atoms with Crippen LogP contribution in [0.5, 0.6) is 0 Å². The number of amides is 1. The van der Waals surface area contributed by atoms with Gasteiger partial charge in [-0.25, -0.2) is 4.98 Å². The van der Waals surface area contributed by atoms with Gasteiger partial charge in [-0.3, -0.25) is 9.78 Å². The minimum atomic E-state index is -0.274. The van der Waals surface area contributed by atoms with Crippen LogP contribution in [-0.4, -0.2) is 15.9 Å². The number of nitrogens with one attached hydrogen (secondary N) is 1. The van der Waals surface area contributed by atoms with Gasteiger partial charge in [-0.05, 0) is 19.1 Å². The average Bonchev–Trinajstić information content (AvgIpc) is 3.24. The molecule has 0 saturated carbocycles. The second-order valence-electron chi connectivity index (χ2n) is 6.28. The Labute approximate surface area is 158 Å². The topological polar surface area (TPSA) is 68.0 Å². The Morgan fingerprint density at radius 3 is 2.69 bits per heavy atom. The lowest BCUT2D eigenvalue weighted by Crippen LogP contribution is -2.13. The van der Waals surface area contributed by atoms with E-state index in [2.05, 4.69) is 15.3 Å². The van der Waals surface area contributed by atoms with Gasteiger partial charge in [-0.15, -0.1) is 0 Å². The summed E-state index contributed by atoms with van der Waals surface area (Å²) >= 11 is 11.8. The molecule has 5 rings (SSSR count). The van der Waals surface area contributed by atoms with E-state index in [4.69, 9.17) is 27.6 Å². The van der Waals surface area contributed by atoms with Crippen LogP contribution in [-0.2, 0) is 6.42 Å². The number of pyridine rings is 2. The molecule has 2 bridgehead atoms. The average molecular weight is 384 g/mol. The number of hydrogen-bond donors (Lipinski definition) is 1. The smallest absolute Gasteiger partial charge is 0.260 e. The van der Waals surface area contributed by atoms with E-state index < -0.39 is 0 Å². The molecular weight excluding hydrogens is 373 g/mol. The van der Waals surface area contributed by atoms with Gasteiger partial charge in [0.1, 0.15) is 16.3 Å². The van der Waals surface area contributed by atoms with Gasteiger partial charge in [0.2, 0.25) is 0 Å². The van der Waals surface area contributed by atoms with Crippen molar-refractivity contribution in [1.82, 2.24) is 9.97 Å². The standard InChI is InChI=1S/C19H11Cl2N3O2/c1-8-2-3-9(6-22-8)14-15(17-12-5-11(12)16(14)26-17)19(25)24-10-4-13(20)18(21)23-7-10/h2-4,6-7H,5H2,1H3,(H,24,25). The molecule has 7 heteroatoms. The molecule has 4 heterocycles. The lowest BCUT2D eigenvalue weighted by molar-refractivity contribution is 0.102. The molecule has 0 aromatic carbocycles. The Hall–Kier alpha value is -2.63. The first-order valence-corrected chi connectivity index (χ1v) is 8.73. The van der Waals surface area contributed by atoms with E-state index in [0.717, 1.165) is 34.4 Å². The number of halogens is 2. The van der Waals surface area contributed by atoms with Gasteiger partial charge in [-0.1, -0.05) is 29.3 Å². The number of anilines is 1. The van der Waals surface area contributed by atoms with Crippen LogP contribution in [0.4, 0.5) is 5.69 Å². The van der Waals surface area contributed by atoms with Crippen molar-refractivity contribution in [3.05, 3.63) is 63.2 Å². The summed E-state index contributed by atoms with van der Waals surface area (Å²) in [5.74, 6) is -0.274. The number of hydrogen-bond acceptors (Lipinski definition) is 4. The molecule has 0 radical (unpaired) electrons. The van der Waals surface area contributed by atoms with Crippen LogP contribution >= 0.6 is 23.2 Å². The Bertz CT molecular complexity index is 1180. The number of carbonyl (C=O) groups is 1. The number of aryl methyl sites for hydroxylation is 1. The molecule has 5 nitrogen and oxygen atoms in total. The minimum Gasteiger partial charge on any atom is -0.455 e. The van der Waals surface area contributed by atoms with Crippen LogP contribution in [0.15, 0.2) is 35.0 Å². The number of fused-ring (bicyclic) bond motifs is 5. The Morgan fingerprint density at radius 1 is 1.15 bits per heavy atom. The second-order valence-corrected chi connectivity index (χ2v) is 7.05. The second kappa shape index (κ2) is 5.43. The number of aromatic nitrogens is 2. The normalized spacial score (nSPS) is 12.4. The molecule has 26 heavy (non-hydrogen) atoms. The monoisotopic (exact) mass is 383 g/mol. The molecule has 0 saturated heterocycles. The summed E-state index contributed by atoms with van der Waals surface area (Å²) < 4.78 is 5.88. The first kappa shape index (κ1) is 15.6. The highest BCUT2D eigenvalue weighted by molar-refractivity contribution is 6.41. The van der Waals surface area contributed by atoms with E-state index in [9.17, 15) is 4.79 Å². The van der Waals surface area contributed by atoms with E-state index in [0.29, 0.717) is 16.8 Å². The van der Waals surface area contributed by atoms with Gasteiger partial charge in [0.25, 0.3) is 5.91 Å². The predicted molar refractivity (Wildman–Crippen MR) is 100 cm³/mol. The zero-order valence-corrected chi connectivity index (χ0v) is 15.1. The van der Waals surface area contributed by atoms with Gasteiger partial charge in [-0.2, -0.15) is 0 Å². The molecule has 4 aromatic heterocycles. The molecule has 0 spiro atoms. The van der Waals surface area contributed by atoms with E-state index >= 15 is 0 Å². The third-order valence-corrected chi connectivity index (χ3v) is 5.22. The summed E-state index contributed by atoms with van der Waals surface area (Å²) in [4.78, 5) is 21.3. The van der Waals surface area contributed by atoms with Gasteiger partial charge >= 0.3 is 0 Å². The summed E-state index contributed by atoms with van der Waals surface area (Å²) in [5, 5.41) is 3.30. The van der Waals surface area contributed by atoms with Crippen molar-refractivity contribution >= 4 is 46.0 Å². The zero-order valence-electron chi connectivity index (χ0n) is 13.6. The molecule has 0 unspecified atom stereocenters. The lowest BCUT2D eigenvalue weighted by atomic mass is 10.0. The van der Waals surface area contributed by atoms with Crippen molar-refractivity contribution in [1.29, 1.82) is 0 Å². The fraction of sp³-hybridized carbons (Fsp3) is 0.105. The predicted octanol–water partition coefficient (Wildman–Crippen LogP) is 5.10. The van der Waals surface area contributed by atoms with Crippen molar-refractivity contribution < 1.29 is 9.21 Å². The summed E-state index contributed by atoms with van der Waals surface area (Å²) in [6.45, 7) is 1.92. The first-order chi connectivity index (χ1) is 12.5. The molecular formula is C19H11Cl2N3O2. The summed E-state index contributed by atoms with van der Waals surface area (Å²) in [6, 6.07) is 5.43. The number of nitrogens with zero attached hydrogens (tertiary/aromatic N) is 2. The van der Waals surface area contributed by atoms with Crippen LogP contribution in [0.25, 0.3) is 22.3 Å². The maximum Gasteiger partial charge on any atom is 0.260 e. The molecule has 128 valence electrons. The van der Waals surface area contributed by atoms with Crippen molar-refractivity contribution in [2.45, 2.75) is 13.3 Å². The van der Waals surface area contributed by atoms with Crippen LogP contribution in [0.3, 0.4) is 0 Å². The molecule has 1 N–H and O–H groups in total. The van der Waals surface area contributed by atoms with Crippen LogP contribution in [0, 0.1) is 6.92 Å². The quantitative estimate of drug-likeness (QED) is 0.440. The van der Waals surface area contributed by atoms with Crippen molar-refractivity contribution in [3.63, 3.8) is 0 Å². The highest BCUT2D eigenvalue weighted by atomic mass is 35.5. The molecule has 1 amide bonds. The third-order valence-electron chi connectivity index (χ3n) is 4.53. The number of benzene rings is 1. The number of rotatable bonds is 3. The van der Waals surface area contributed by atoms with Gasteiger partial charge in [0.05, 0.1) is 22.5 Å². The molecule has 4 aromatic rings. The zero-order chi connectivity index (χ0) is 18.0. The highest BCUT2D eigenvalue weighted by Gasteiger charge is 2.38. The summed E-state index contributed by atoms with van der Waals surface area (Å²) in [6.07, 6.45) is 4.10. The molecule has 1 aliphatic rings. The van der Waals surface area contributed by atoms with Crippen LogP contribution in [0.1, 0.15) is 27.2 Å². The fourth-order valence-electron chi connectivity index (χ4n) is 3.21. The largest absolute Gasteiger partial charge is 0.455 e. The molecule has 1 aliphatic carbocycles. The minimum absolute atomic E-state index is 0.191. The molecule has 0 atom stereocenters. The Kier molecular flexibility index (Phi) is 3.26. The van der Waals surface area contributed by atoms with E-state index in [1.807, 2.05) is 19.1 Å². The van der Waals surface area contributed by atoms with E-state index in [1.54, 1.807) is 12.3 Å². The van der Waals surface area contributed by atoms with Crippen LogP contribution in [0.2, 0.25) is 10.2 Å². The summed E-state index contributed by atoms with van der Waals surface area (Å²) in [7, 11) is 0. The van der Waals surface area contributed by atoms with E-state index in [-0.39, 0.29) is 16.1 Å². The highest BCUT2D eigenvalue weighted by Crippen LogP contribution is 2.50. The van der Waals surface area contributed by atoms with Crippen molar-refractivity contribution in [2.75, 3.05) is 5.32 Å². The number of furan rings is 2. The summed E-state index contributed by atoms with van der Waals surface area (Å²) in [5.41, 5.74) is 7.27. The molecule has 0 aliphatic heterocycles. The SMILES string of the molecule is Cc1ccc(-c2c(C(=O)Nc3cnc(Cl)c(Cl)c3)c3oc2c2c3C2)cn1. The maximum atomic E-state index is 13.0. The Balaban J connectivity index is 1.59. The lowest BCUT2D eigenvalue weighted by Gasteiger charge is -2.08. The number of carbonyl (C=O) groups excluding carboxylic acids is 1. The fourth-order valence-corrected chi connectivity index (χ4v) is 3.48. The van der Waals surface area contributed by atoms with Gasteiger partial charge in [0, 0.05) is 40.6 Å². The Morgan fingerprint density at radius 2 is 1.96 bits per heavy atom. The third kappa shape index (κ3) is 2.28. The van der Waals surface area contributed by atoms with Crippen molar-refractivity contribution in [2.24, 2.45) is 0 Å². The van der Waals surface area contributed by atoms with E-state index in [1.165, 1.54) is 11.8 Å². The maximum absolute atomic E-state index is 13.0. The van der Waals surface area contributed by atoms with Crippen LogP contribution < -0.4 is 5.32 Å². The van der Waals surface area contributed by atoms with Gasteiger partial charge in [0.15, 0.2) is 0 Å². The van der Waals surface area contributed by atoms with Gasteiger partial charge < -0.3 is 9.73 Å². The first-order valence-electron chi connectivity index (χ1n) is 7.98. The van der Waals surface area contributed by atoms with Crippen molar-refractivity contribution in [3.8, 4) is 11.1 Å².